The van der Waals surface area contributed by atoms with E-state index in [0.29, 0.717) is 59.2 Å². The van der Waals surface area contributed by atoms with Gasteiger partial charge in [0.05, 0.1) is 22.7 Å². The Labute approximate surface area is 319 Å². The Hall–Kier alpha value is -3.43. The van der Waals surface area contributed by atoms with Gasteiger partial charge in [0.25, 0.3) is 11.5 Å². The Morgan fingerprint density at radius 3 is 2.50 bits per heavy atom. The standard InChI is InChI=1S/C45H59FN4O4/c1-44-19-17-32(51)29-31(44)12-13-35-37-14-16-41(45(37,2)20-18-38(35)44)54-26-8-4-3-7-21-49-22-24-50(25-23-49)43(53)36-27-30(11-15-39(36)46)28-40-33-9-5-6-10-34(33)42(52)48-47-40/h5-6,9-11,15,27,31,35,37-38,41H,3-4,7-8,12-14,16-26,28-29H2,1-2H3,(H,48,52)/t31-,35-,37-,38-,41-,44-,45-/m0/s1. The summed E-state index contributed by atoms with van der Waals surface area (Å²) in [7, 11) is 0. The lowest BCUT2D eigenvalue weighted by atomic mass is 9.45. The van der Waals surface area contributed by atoms with Gasteiger partial charge in [0.2, 0.25) is 0 Å². The lowest BCUT2D eigenvalue weighted by molar-refractivity contribution is -0.145. The highest BCUT2D eigenvalue weighted by atomic mass is 19.1. The number of hydrogen-bond acceptors (Lipinski definition) is 6. The molecule has 5 aliphatic rings. The maximum atomic E-state index is 15.0. The molecule has 0 unspecified atom stereocenters. The molecule has 54 heavy (non-hydrogen) atoms. The van der Waals surface area contributed by atoms with Crippen LogP contribution < -0.4 is 5.56 Å². The predicted octanol–water partition coefficient (Wildman–Crippen LogP) is 7.97. The van der Waals surface area contributed by atoms with E-state index in [1.165, 1.54) is 57.4 Å². The van der Waals surface area contributed by atoms with E-state index in [1.54, 1.807) is 23.1 Å². The van der Waals surface area contributed by atoms with Gasteiger partial charge < -0.3 is 9.64 Å². The van der Waals surface area contributed by atoms with E-state index in [-0.39, 0.29) is 17.0 Å². The fraction of sp³-hybridized carbons (Fsp3) is 0.644. The summed E-state index contributed by atoms with van der Waals surface area (Å²) in [4.78, 5) is 42.1. The summed E-state index contributed by atoms with van der Waals surface area (Å²) in [5, 5.41) is 8.12. The minimum Gasteiger partial charge on any atom is -0.378 e. The van der Waals surface area contributed by atoms with E-state index in [4.69, 9.17) is 4.74 Å². The second-order valence-electron chi connectivity index (χ2n) is 18.0. The molecule has 1 N–H and O–H groups in total. The van der Waals surface area contributed by atoms with E-state index in [1.807, 2.05) is 18.2 Å². The number of ketones is 1. The maximum Gasteiger partial charge on any atom is 0.272 e. The molecule has 290 valence electrons. The van der Waals surface area contributed by atoms with Crippen molar-refractivity contribution >= 4 is 22.5 Å². The number of piperazine rings is 1. The zero-order valence-corrected chi connectivity index (χ0v) is 32.4. The molecule has 8 nitrogen and oxygen atoms in total. The molecule has 4 saturated carbocycles. The number of H-pyrrole nitrogens is 1. The minimum atomic E-state index is -0.515. The number of aromatic nitrogens is 2. The molecule has 2 heterocycles. The van der Waals surface area contributed by atoms with Crippen LogP contribution in [-0.2, 0) is 16.0 Å². The van der Waals surface area contributed by atoms with Crippen molar-refractivity contribution in [2.75, 3.05) is 39.3 Å². The molecule has 7 atom stereocenters. The minimum absolute atomic E-state index is 0.0892. The van der Waals surface area contributed by atoms with Crippen LogP contribution in [0.3, 0.4) is 0 Å². The van der Waals surface area contributed by atoms with Crippen molar-refractivity contribution in [2.45, 2.75) is 110 Å². The third-order valence-electron chi connectivity index (χ3n) is 15.1. The van der Waals surface area contributed by atoms with Crippen LogP contribution in [0.1, 0.15) is 119 Å². The van der Waals surface area contributed by atoms with Gasteiger partial charge in [-0.25, -0.2) is 9.49 Å². The normalized spacial score (nSPS) is 31.3. The van der Waals surface area contributed by atoms with Crippen molar-refractivity contribution in [1.29, 1.82) is 0 Å². The molecule has 4 aliphatic carbocycles. The molecular weight excluding hydrogens is 680 g/mol. The van der Waals surface area contributed by atoms with E-state index >= 15 is 0 Å². The highest BCUT2D eigenvalue weighted by Crippen LogP contribution is 2.66. The van der Waals surface area contributed by atoms with Crippen molar-refractivity contribution < 1.29 is 18.7 Å². The number of amides is 1. The average molecular weight is 739 g/mol. The number of Topliss-reactive ketones (excluding diaryl/α,β-unsaturated/α-hetero) is 1. The summed E-state index contributed by atoms with van der Waals surface area (Å²) in [6, 6.07) is 12.0. The van der Waals surface area contributed by atoms with Crippen LogP contribution in [0.5, 0.6) is 0 Å². The smallest absolute Gasteiger partial charge is 0.272 e. The van der Waals surface area contributed by atoms with Gasteiger partial charge >= 0.3 is 0 Å². The Morgan fingerprint density at radius 1 is 0.889 bits per heavy atom. The van der Waals surface area contributed by atoms with E-state index in [2.05, 4.69) is 28.9 Å². The monoisotopic (exact) mass is 738 g/mol. The fourth-order valence-corrected chi connectivity index (χ4v) is 12.0. The average Bonchev–Trinajstić information content (AvgIpc) is 3.52. The third-order valence-corrected chi connectivity index (χ3v) is 15.1. The molecule has 2 aromatic carbocycles. The number of fused-ring (bicyclic) bond motifs is 6. The summed E-state index contributed by atoms with van der Waals surface area (Å²) < 4.78 is 21.7. The first-order valence-electron chi connectivity index (χ1n) is 21.0. The first-order chi connectivity index (χ1) is 26.1. The molecular formula is C45H59FN4O4. The zero-order valence-electron chi connectivity index (χ0n) is 32.4. The summed E-state index contributed by atoms with van der Waals surface area (Å²) in [6.07, 6.45) is 15.8. The molecule has 3 aromatic rings. The number of hydrogen-bond donors (Lipinski definition) is 1. The van der Waals surface area contributed by atoms with Crippen LogP contribution in [0.25, 0.3) is 10.8 Å². The van der Waals surface area contributed by atoms with Gasteiger partial charge in [-0.2, -0.15) is 5.10 Å². The number of unbranched alkanes of at least 4 members (excludes halogenated alkanes) is 3. The molecule has 0 spiro atoms. The van der Waals surface area contributed by atoms with Crippen molar-refractivity contribution in [3.05, 3.63) is 75.5 Å². The first-order valence-corrected chi connectivity index (χ1v) is 21.0. The van der Waals surface area contributed by atoms with Gasteiger partial charge in [0.1, 0.15) is 11.6 Å². The number of carbonyl (C=O) groups excluding carboxylic acids is 2. The predicted molar refractivity (Wildman–Crippen MR) is 209 cm³/mol. The summed E-state index contributed by atoms with van der Waals surface area (Å²) in [5.41, 5.74) is 1.98. The lowest BCUT2D eigenvalue weighted by Gasteiger charge is -2.60. The number of nitrogens with zero attached hydrogens (tertiary/aromatic N) is 3. The number of rotatable bonds is 11. The molecule has 9 heteroatoms. The molecule has 1 aliphatic heterocycles. The number of halogens is 1. The Balaban J connectivity index is 0.744. The van der Waals surface area contributed by atoms with Crippen molar-refractivity contribution in [3.8, 4) is 0 Å². The van der Waals surface area contributed by atoms with Gasteiger partial charge in [-0.15, -0.1) is 0 Å². The lowest BCUT2D eigenvalue weighted by Crippen LogP contribution is -2.54. The largest absolute Gasteiger partial charge is 0.378 e. The highest BCUT2D eigenvalue weighted by Gasteiger charge is 2.60. The number of benzene rings is 2. The third kappa shape index (κ3) is 7.20. The van der Waals surface area contributed by atoms with Crippen LogP contribution in [0.4, 0.5) is 4.39 Å². The maximum absolute atomic E-state index is 15.0. The molecule has 5 fully saturated rings. The summed E-state index contributed by atoms with van der Waals surface area (Å²) in [6.45, 7) is 9.73. The number of ether oxygens (including phenoxy) is 1. The quantitative estimate of drug-likeness (QED) is 0.201. The van der Waals surface area contributed by atoms with Crippen LogP contribution in [0.2, 0.25) is 0 Å². The van der Waals surface area contributed by atoms with Gasteiger partial charge in [0.15, 0.2) is 0 Å². The Bertz CT molecular complexity index is 1910. The number of carbonyl (C=O) groups is 2. The second-order valence-corrected chi connectivity index (χ2v) is 18.0. The number of nitrogens with one attached hydrogen (secondary N) is 1. The van der Waals surface area contributed by atoms with Crippen LogP contribution >= 0.6 is 0 Å². The first kappa shape index (κ1) is 37.5. The van der Waals surface area contributed by atoms with Gasteiger partial charge in [-0.3, -0.25) is 19.3 Å². The second kappa shape index (κ2) is 15.6. The van der Waals surface area contributed by atoms with Gasteiger partial charge in [-0.05, 0) is 123 Å². The van der Waals surface area contributed by atoms with E-state index in [0.717, 1.165) is 87.0 Å². The van der Waals surface area contributed by atoms with Crippen molar-refractivity contribution in [3.63, 3.8) is 0 Å². The molecule has 1 saturated heterocycles. The van der Waals surface area contributed by atoms with Crippen LogP contribution in [0, 0.1) is 40.3 Å². The number of aromatic amines is 1. The Kier molecular flexibility index (Phi) is 10.8. The summed E-state index contributed by atoms with van der Waals surface area (Å²) in [5.74, 6) is 2.73. The molecule has 0 bridgehead atoms. The fourth-order valence-electron chi connectivity index (χ4n) is 12.0. The summed E-state index contributed by atoms with van der Waals surface area (Å²) >= 11 is 0. The van der Waals surface area contributed by atoms with Gasteiger partial charge in [0, 0.05) is 57.4 Å². The van der Waals surface area contributed by atoms with Crippen LogP contribution in [0.15, 0.2) is 47.3 Å². The highest BCUT2D eigenvalue weighted by molar-refractivity contribution is 5.95. The molecule has 1 amide bonds. The van der Waals surface area contributed by atoms with Crippen LogP contribution in [-0.4, -0.2) is 77.1 Å². The van der Waals surface area contributed by atoms with Crippen molar-refractivity contribution in [1.82, 2.24) is 20.0 Å². The van der Waals surface area contributed by atoms with E-state index < -0.39 is 5.82 Å². The van der Waals surface area contributed by atoms with E-state index in [9.17, 15) is 18.8 Å². The van der Waals surface area contributed by atoms with Crippen molar-refractivity contribution in [2.24, 2.45) is 34.5 Å². The van der Waals surface area contributed by atoms with Gasteiger partial charge in [-0.1, -0.05) is 51.0 Å². The SMILES string of the molecule is C[C@]12CCC(=O)C[C@@H]1CC[C@@H]1[C@@H]2CC[C@]2(C)[C@@H](OCCCCCCN3CCN(C(=O)c4cc(Cc5n[nH]c(=O)c6ccccc56)ccc4F)CC3)CC[C@@H]12. The Morgan fingerprint density at radius 2 is 1.67 bits per heavy atom. The molecule has 1 aromatic heterocycles. The molecule has 0 radical (unpaired) electrons. The topological polar surface area (TPSA) is 95.6 Å². The zero-order chi connectivity index (χ0) is 37.5. The molecule has 8 rings (SSSR count).